The fourth-order valence-electron chi connectivity index (χ4n) is 0.470. The van der Waals surface area contributed by atoms with E-state index < -0.39 is 0 Å². The second kappa shape index (κ2) is 2.41. The van der Waals surface area contributed by atoms with Gasteiger partial charge in [0.15, 0.2) is 5.78 Å². The van der Waals surface area contributed by atoms with Gasteiger partial charge in [0.1, 0.15) is 5.70 Å². The van der Waals surface area contributed by atoms with Gasteiger partial charge in [0.25, 0.3) is 0 Å². The Labute approximate surface area is 57.8 Å². The molecule has 1 aliphatic heterocycles. The van der Waals surface area contributed by atoms with Crippen LogP contribution < -0.4 is 0 Å². The van der Waals surface area contributed by atoms with Crippen LogP contribution in [-0.4, -0.2) is 17.1 Å². The monoisotopic (exact) mass is 145 g/mol. The molecule has 0 spiro atoms. The highest BCUT2D eigenvalue weighted by Crippen LogP contribution is 2.24. The second-order valence-electron chi connectivity index (χ2n) is 1.64. The van der Waals surface area contributed by atoms with Crippen LogP contribution in [0.3, 0.4) is 0 Å². The number of rotatable bonds is 3. The molecule has 4 heteroatoms. The number of hydrogen-bond acceptors (Lipinski definition) is 4. The summed E-state index contributed by atoms with van der Waals surface area (Å²) in [6.07, 6.45) is 3.45. The van der Waals surface area contributed by atoms with Gasteiger partial charge in [-0.2, -0.15) is 4.28 Å². The predicted octanol–water partition coefficient (Wildman–Crippen LogP) is 0.942. The van der Waals surface area contributed by atoms with E-state index in [1.165, 1.54) is 24.0 Å². The van der Waals surface area contributed by atoms with E-state index in [0.29, 0.717) is 5.70 Å². The number of hydroxylamine groups is 2. The third-order valence-corrected chi connectivity index (χ3v) is 1.23. The minimum Gasteiger partial charge on any atom is -0.293 e. The van der Waals surface area contributed by atoms with Crippen LogP contribution in [0, 0.1) is 0 Å². The summed E-state index contributed by atoms with van der Waals surface area (Å²) in [5.41, 5.74) is 0.643. The lowest BCUT2D eigenvalue weighted by atomic mass is 10.4. The first-order valence-electron chi connectivity index (χ1n) is 2.48. The number of hydrogen-bond donors (Lipinski definition) is 0. The Balaban J connectivity index is 2.23. The fraction of sp³-hybridized carbons (Fsp3) is 0.400. The molecule has 0 amide bonds. The number of carbonyl (C=O) groups excluding carboxylic acids is 1. The molecule has 9 heavy (non-hydrogen) atoms. The zero-order chi connectivity index (χ0) is 6.85. The fourth-order valence-corrected chi connectivity index (χ4v) is 0.754. The molecule has 0 saturated carbocycles. The lowest BCUT2D eigenvalue weighted by Crippen LogP contribution is -1.99. The predicted molar refractivity (Wildman–Crippen MR) is 35.2 cm³/mol. The minimum atomic E-state index is 0.0454. The molecule has 1 rings (SSSR count). The number of nitrogens with zero attached hydrogens (tertiary/aromatic N) is 1. The van der Waals surface area contributed by atoms with Gasteiger partial charge in [-0.25, -0.2) is 5.06 Å². The SMILES string of the molecule is CSON1C=C1C(C)=O. The molecule has 0 aromatic rings. The lowest BCUT2D eigenvalue weighted by molar-refractivity contribution is -0.115. The smallest absolute Gasteiger partial charge is 0.180 e. The van der Waals surface area contributed by atoms with Crippen LogP contribution >= 0.6 is 12.0 Å². The van der Waals surface area contributed by atoms with Crippen LogP contribution in [-0.2, 0) is 9.08 Å². The highest BCUT2D eigenvalue weighted by atomic mass is 32.2. The summed E-state index contributed by atoms with van der Waals surface area (Å²) < 4.78 is 4.86. The van der Waals surface area contributed by atoms with Gasteiger partial charge >= 0.3 is 0 Å². The third-order valence-electron chi connectivity index (χ3n) is 0.925. The van der Waals surface area contributed by atoms with Crippen LogP contribution in [0.1, 0.15) is 6.92 Å². The zero-order valence-electron chi connectivity index (χ0n) is 5.25. The average molecular weight is 145 g/mol. The van der Waals surface area contributed by atoms with Gasteiger partial charge in [0, 0.05) is 25.2 Å². The summed E-state index contributed by atoms with van der Waals surface area (Å²) in [6, 6.07) is 0. The second-order valence-corrected chi connectivity index (χ2v) is 2.12. The van der Waals surface area contributed by atoms with Gasteiger partial charge in [-0.15, -0.1) is 0 Å². The van der Waals surface area contributed by atoms with E-state index in [4.69, 9.17) is 4.28 Å². The quantitative estimate of drug-likeness (QED) is 0.553. The molecule has 0 saturated heterocycles. The Bertz CT molecular complexity index is 166. The van der Waals surface area contributed by atoms with Crippen LogP contribution in [0.4, 0.5) is 0 Å². The van der Waals surface area contributed by atoms with Crippen molar-refractivity contribution >= 4 is 17.8 Å². The van der Waals surface area contributed by atoms with E-state index in [2.05, 4.69) is 0 Å². The van der Waals surface area contributed by atoms with E-state index in [9.17, 15) is 4.79 Å². The van der Waals surface area contributed by atoms with E-state index in [1.54, 1.807) is 12.5 Å². The Morgan fingerprint density at radius 1 is 1.89 bits per heavy atom. The highest BCUT2D eigenvalue weighted by molar-refractivity contribution is 7.93. The minimum absolute atomic E-state index is 0.0454. The highest BCUT2D eigenvalue weighted by Gasteiger charge is 2.25. The number of allylic oxidation sites excluding steroid dienone is 1. The first-order chi connectivity index (χ1) is 4.25. The largest absolute Gasteiger partial charge is 0.293 e. The molecular formula is C5H7NO2S. The molecule has 50 valence electrons. The zero-order valence-corrected chi connectivity index (χ0v) is 6.07. The summed E-state index contributed by atoms with van der Waals surface area (Å²) in [5, 5.41) is 1.45. The van der Waals surface area contributed by atoms with Gasteiger partial charge in [-0.05, 0) is 0 Å². The van der Waals surface area contributed by atoms with Crippen molar-refractivity contribution in [1.29, 1.82) is 0 Å². The molecule has 0 bridgehead atoms. The van der Waals surface area contributed by atoms with Crippen LogP contribution in [0.5, 0.6) is 0 Å². The number of carbonyl (C=O) groups is 1. The maximum absolute atomic E-state index is 10.5. The molecule has 0 N–H and O–H groups in total. The molecule has 0 atom stereocenters. The Morgan fingerprint density at radius 3 is 2.89 bits per heavy atom. The molecular weight excluding hydrogens is 138 g/mol. The number of ketones is 1. The number of Topliss-reactive ketones (excluding diaryl/α,β-unsaturated/α-hetero) is 1. The standard InChI is InChI=1S/C5H7NO2S/c1-4(7)5-3-6(5)8-9-2/h3H,1-2H3. The maximum Gasteiger partial charge on any atom is 0.180 e. The van der Waals surface area contributed by atoms with Crippen molar-refractivity contribution in [1.82, 2.24) is 5.06 Å². The average Bonchev–Trinajstić information content (AvgIpc) is 2.47. The van der Waals surface area contributed by atoms with E-state index in [1.807, 2.05) is 0 Å². The van der Waals surface area contributed by atoms with Crippen molar-refractivity contribution in [2.45, 2.75) is 6.92 Å². The van der Waals surface area contributed by atoms with Crippen molar-refractivity contribution in [2.75, 3.05) is 6.26 Å². The molecule has 0 unspecified atom stereocenters. The third kappa shape index (κ3) is 1.46. The normalized spacial score (nSPS) is 15.3. The van der Waals surface area contributed by atoms with E-state index >= 15 is 0 Å². The van der Waals surface area contributed by atoms with Gasteiger partial charge < -0.3 is 0 Å². The van der Waals surface area contributed by atoms with Crippen molar-refractivity contribution in [2.24, 2.45) is 0 Å². The molecule has 1 aliphatic rings. The summed E-state index contributed by atoms with van der Waals surface area (Å²) in [5.74, 6) is 0.0454. The van der Waals surface area contributed by atoms with Gasteiger partial charge in [-0.1, -0.05) is 0 Å². The van der Waals surface area contributed by atoms with Gasteiger partial charge in [0.05, 0.1) is 6.20 Å². The first kappa shape index (κ1) is 6.64. The molecule has 3 nitrogen and oxygen atoms in total. The molecule has 0 aliphatic carbocycles. The van der Waals surface area contributed by atoms with E-state index in [-0.39, 0.29) is 5.78 Å². The van der Waals surface area contributed by atoms with Gasteiger partial charge in [0.2, 0.25) is 0 Å². The Hall–Kier alpha value is -0.480. The summed E-state index contributed by atoms with van der Waals surface area (Å²) in [4.78, 5) is 10.5. The Kier molecular flexibility index (Phi) is 1.78. The molecule has 1 heterocycles. The van der Waals surface area contributed by atoms with Crippen LogP contribution in [0.25, 0.3) is 0 Å². The molecule has 0 aromatic heterocycles. The summed E-state index contributed by atoms with van der Waals surface area (Å²) >= 11 is 1.21. The topological polar surface area (TPSA) is 29.3 Å². The van der Waals surface area contributed by atoms with Crippen molar-refractivity contribution in [3.63, 3.8) is 0 Å². The maximum atomic E-state index is 10.5. The van der Waals surface area contributed by atoms with Crippen LogP contribution in [0.15, 0.2) is 11.9 Å². The van der Waals surface area contributed by atoms with Crippen molar-refractivity contribution in [3.8, 4) is 0 Å². The summed E-state index contributed by atoms with van der Waals surface area (Å²) in [6.45, 7) is 1.51. The van der Waals surface area contributed by atoms with Crippen molar-refractivity contribution in [3.05, 3.63) is 11.9 Å². The molecule has 0 aromatic carbocycles. The molecule has 0 fully saturated rings. The van der Waals surface area contributed by atoms with Gasteiger partial charge in [-0.3, -0.25) is 4.79 Å². The first-order valence-corrected chi connectivity index (χ1v) is 3.63. The Morgan fingerprint density at radius 2 is 2.56 bits per heavy atom. The summed E-state index contributed by atoms with van der Waals surface area (Å²) in [7, 11) is 0. The van der Waals surface area contributed by atoms with E-state index in [0.717, 1.165) is 0 Å². The molecule has 0 radical (unpaired) electrons. The lowest BCUT2D eigenvalue weighted by Gasteiger charge is -1.98. The van der Waals surface area contributed by atoms with Crippen molar-refractivity contribution < 1.29 is 9.08 Å². The van der Waals surface area contributed by atoms with Crippen LogP contribution in [0.2, 0.25) is 0 Å².